The molecule has 15 heavy (non-hydrogen) atoms. The van der Waals surface area contributed by atoms with Crippen LogP contribution in [0.25, 0.3) is 0 Å². The minimum Gasteiger partial charge on any atom is -0.385 e. The standard InChI is InChI=1S/C12H17NO2/c1-15-8-7-11(13)12(14)9-10-5-3-2-4-6-10/h2-6,11H,7-9,13H2,1H3. The Hall–Kier alpha value is -1.19. The first-order valence-corrected chi connectivity index (χ1v) is 5.05. The molecular formula is C12H17NO2. The van der Waals surface area contributed by atoms with Crippen molar-refractivity contribution in [2.75, 3.05) is 13.7 Å². The predicted molar refractivity (Wildman–Crippen MR) is 59.6 cm³/mol. The third kappa shape index (κ3) is 4.23. The van der Waals surface area contributed by atoms with Gasteiger partial charge in [-0.25, -0.2) is 0 Å². The summed E-state index contributed by atoms with van der Waals surface area (Å²) in [6.45, 7) is 0.529. The van der Waals surface area contributed by atoms with E-state index in [0.717, 1.165) is 5.56 Å². The number of ether oxygens (including phenoxy) is 1. The quantitative estimate of drug-likeness (QED) is 0.761. The van der Waals surface area contributed by atoms with Crippen molar-refractivity contribution in [1.29, 1.82) is 0 Å². The molecular weight excluding hydrogens is 190 g/mol. The monoisotopic (exact) mass is 207 g/mol. The molecule has 1 unspecified atom stereocenters. The van der Waals surface area contributed by atoms with Gasteiger partial charge in [0.2, 0.25) is 0 Å². The molecule has 0 bridgehead atoms. The lowest BCUT2D eigenvalue weighted by Crippen LogP contribution is -2.32. The predicted octanol–water partition coefficient (Wildman–Crippen LogP) is 1.16. The number of methoxy groups -OCH3 is 1. The largest absolute Gasteiger partial charge is 0.385 e. The highest BCUT2D eigenvalue weighted by atomic mass is 16.5. The molecule has 0 heterocycles. The molecule has 1 aromatic rings. The van der Waals surface area contributed by atoms with Crippen LogP contribution < -0.4 is 5.73 Å². The lowest BCUT2D eigenvalue weighted by atomic mass is 10.0. The molecule has 1 atom stereocenters. The highest BCUT2D eigenvalue weighted by molar-refractivity contribution is 5.85. The number of rotatable bonds is 6. The normalized spacial score (nSPS) is 12.4. The Morgan fingerprint density at radius 1 is 1.40 bits per heavy atom. The molecule has 0 amide bonds. The van der Waals surface area contributed by atoms with Gasteiger partial charge in [0, 0.05) is 20.1 Å². The first kappa shape index (κ1) is 11.9. The van der Waals surface area contributed by atoms with Crippen LogP contribution in [-0.4, -0.2) is 25.5 Å². The van der Waals surface area contributed by atoms with Gasteiger partial charge in [-0.05, 0) is 12.0 Å². The summed E-state index contributed by atoms with van der Waals surface area (Å²) >= 11 is 0. The zero-order valence-corrected chi connectivity index (χ0v) is 8.98. The maximum absolute atomic E-state index is 11.6. The highest BCUT2D eigenvalue weighted by Crippen LogP contribution is 2.03. The smallest absolute Gasteiger partial charge is 0.153 e. The van der Waals surface area contributed by atoms with Crippen LogP contribution in [0.4, 0.5) is 0 Å². The van der Waals surface area contributed by atoms with E-state index in [1.165, 1.54) is 0 Å². The number of carbonyl (C=O) groups is 1. The van der Waals surface area contributed by atoms with Crippen LogP contribution in [0.3, 0.4) is 0 Å². The van der Waals surface area contributed by atoms with Crippen molar-refractivity contribution in [2.24, 2.45) is 5.73 Å². The second kappa shape index (κ2) is 6.32. The Morgan fingerprint density at radius 3 is 2.67 bits per heavy atom. The minimum atomic E-state index is -0.412. The number of hydrogen-bond donors (Lipinski definition) is 1. The molecule has 0 fully saturated rings. The third-order valence-corrected chi connectivity index (χ3v) is 2.27. The van der Waals surface area contributed by atoms with Gasteiger partial charge in [0.05, 0.1) is 6.04 Å². The van der Waals surface area contributed by atoms with Gasteiger partial charge in [-0.15, -0.1) is 0 Å². The van der Waals surface area contributed by atoms with Gasteiger partial charge < -0.3 is 10.5 Å². The lowest BCUT2D eigenvalue weighted by Gasteiger charge is -2.09. The molecule has 0 aromatic heterocycles. The van der Waals surface area contributed by atoms with Crippen molar-refractivity contribution in [1.82, 2.24) is 0 Å². The van der Waals surface area contributed by atoms with Gasteiger partial charge >= 0.3 is 0 Å². The summed E-state index contributed by atoms with van der Waals surface area (Å²) in [5.74, 6) is 0.0678. The number of ketones is 1. The zero-order chi connectivity index (χ0) is 11.1. The fourth-order valence-corrected chi connectivity index (χ4v) is 1.33. The van der Waals surface area contributed by atoms with Crippen molar-refractivity contribution in [2.45, 2.75) is 18.9 Å². The molecule has 3 heteroatoms. The van der Waals surface area contributed by atoms with Gasteiger partial charge in [-0.2, -0.15) is 0 Å². The van der Waals surface area contributed by atoms with Gasteiger partial charge in [0.1, 0.15) is 0 Å². The van der Waals surface area contributed by atoms with E-state index in [1.54, 1.807) is 7.11 Å². The Kier molecular flexibility index (Phi) is 5.01. The van der Waals surface area contributed by atoms with E-state index in [2.05, 4.69) is 0 Å². The Labute approximate surface area is 90.2 Å². The molecule has 0 aliphatic rings. The van der Waals surface area contributed by atoms with Crippen molar-refractivity contribution >= 4 is 5.78 Å². The second-order valence-corrected chi connectivity index (χ2v) is 3.52. The summed E-state index contributed by atoms with van der Waals surface area (Å²) in [6, 6.07) is 9.22. The van der Waals surface area contributed by atoms with Gasteiger partial charge in [-0.1, -0.05) is 30.3 Å². The van der Waals surface area contributed by atoms with E-state index in [9.17, 15) is 4.79 Å². The maximum atomic E-state index is 11.6. The second-order valence-electron chi connectivity index (χ2n) is 3.52. The van der Waals surface area contributed by atoms with Gasteiger partial charge in [0.25, 0.3) is 0 Å². The topological polar surface area (TPSA) is 52.3 Å². The molecule has 1 aromatic carbocycles. The van der Waals surface area contributed by atoms with Crippen molar-refractivity contribution < 1.29 is 9.53 Å². The molecule has 0 aliphatic heterocycles. The first-order chi connectivity index (χ1) is 7.24. The number of benzene rings is 1. The molecule has 0 saturated heterocycles. The van der Waals surface area contributed by atoms with E-state index >= 15 is 0 Å². The third-order valence-electron chi connectivity index (χ3n) is 2.27. The molecule has 0 radical (unpaired) electrons. The molecule has 1 rings (SSSR count). The van der Waals surface area contributed by atoms with E-state index in [0.29, 0.717) is 19.4 Å². The van der Waals surface area contributed by atoms with Crippen LogP contribution >= 0.6 is 0 Å². The lowest BCUT2D eigenvalue weighted by molar-refractivity contribution is -0.120. The van der Waals surface area contributed by atoms with Crippen LogP contribution in [0.1, 0.15) is 12.0 Å². The maximum Gasteiger partial charge on any atom is 0.153 e. The summed E-state index contributed by atoms with van der Waals surface area (Å²) in [4.78, 5) is 11.6. The van der Waals surface area contributed by atoms with E-state index < -0.39 is 6.04 Å². The zero-order valence-electron chi connectivity index (χ0n) is 8.98. The number of Topliss-reactive ketones (excluding diaryl/α,β-unsaturated/α-hetero) is 1. The summed E-state index contributed by atoms with van der Waals surface area (Å²) in [5, 5.41) is 0. The Balaban J connectivity index is 2.42. The number of nitrogens with two attached hydrogens (primary N) is 1. The Morgan fingerprint density at radius 2 is 2.07 bits per heavy atom. The van der Waals surface area contributed by atoms with Crippen LogP contribution in [0.2, 0.25) is 0 Å². The van der Waals surface area contributed by atoms with Gasteiger partial charge in [0.15, 0.2) is 5.78 Å². The van der Waals surface area contributed by atoms with E-state index in [-0.39, 0.29) is 5.78 Å². The first-order valence-electron chi connectivity index (χ1n) is 5.05. The fourth-order valence-electron chi connectivity index (χ4n) is 1.33. The molecule has 2 N–H and O–H groups in total. The van der Waals surface area contributed by atoms with E-state index in [4.69, 9.17) is 10.5 Å². The summed E-state index contributed by atoms with van der Waals surface area (Å²) in [5.41, 5.74) is 6.73. The summed E-state index contributed by atoms with van der Waals surface area (Å²) in [6.07, 6.45) is 0.994. The van der Waals surface area contributed by atoms with Crippen molar-refractivity contribution in [3.63, 3.8) is 0 Å². The molecule has 3 nitrogen and oxygen atoms in total. The van der Waals surface area contributed by atoms with Gasteiger partial charge in [-0.3, -0.25) is 4.79 Å². The van der Waals surface area contributed by atoms with E-state index in [1.807, 2.05) is 30.3 Å². The average Bonchev–Trinajstić information content (AvgIpc) is 2.27. The minimum absolute atomic E-state index is 0.0678. The van der Waals surface area contributed by atoms with Crippen LogP contribution in [0.15, 0.2) is 30.3 Å². The van der Waals surface area contributed by atoms with Crippen LogP contribution in [0.5, 0.6) is 0 Å². The molecule has 0 saturated carbocycles. The van der Waals surface area contributed by atoms with Crippen LogP contribution in [0, 0.1) is 0 Å². The van der Waals surface area contributed by atoms with Crippen molar-refractivity contribution in [3.8, 4) is 0 Å². The number of carbonyl (C=O) groups excluding carboxylic acids is 1. The Bertz CT molecular complexity index is 298. The van der Waals surface area contributed by atoms with Crippen molar-refractivity contribution in [3.05, 3.63) is 35.9 Å². The molecule has 82 valence electrons. The van der Waals surface area contributed by atoms with Crippen LogP contribution in [-0.2, 0) is 16.0 Å². The fraction of sp³-hybridized carbons (Fsp3) is 0.417. The SMILES string of the molecule is COCCC(N)C(=O)Cc1ccccc1. The highest BCUT2D eigenvalue weighted by Gasteiger charge is 2.13. The summed E-state index contributed by atoms with van der Waals surface area (Å²) in [7, 11) is 1.61. The molecule has 0 spiro atoms. The average molecular weight is 207 g/mol. The number of hydrogen-bond acceptors (Lipinski definition) is 3. The summed E-state index contributed by atoms with van der Waals surface area (Å²) < 4.78 is 4.88. The molecule has 0 aliphatic carbocycles.